The van der Waals surface area contributed by atoms with Gasteiger partial charge in [0.2, 0.25) is 5.95 Å². The van der Waals surface area contributed by atoms with Crippen LogP contribution >= 0.6 is 0 Å². The van der Waals surface area contributed by atoms with Crippen molar-refractivity contribution in [3.05, 3.63) is 64.0 Å². The van der Waals surface area contributed by atoms with E-state index in [-0.39, 0.29) is 11.6 Å². The zero-order chi connectivity index (χ0) is 19.9. The maximum atomic E-state index is 12.4. The highest BCUT2D eigenvalue weighted by Gasteiger charge is 2.24. The molecule has 0 radical (unpaired) electrons. The standard InChI is InChI=1S/C19H16N6O3/c1-11-9-15(24-28-11)19(2,27)7-5-12-3-4-13-14(10-12)25(18(26)22-13)16-6-8-21-17(20)23-16/h3-4,6,8-10,27H,1-2H3,(H,22,26)(H2,20,21,23)/t19-/m1/s1. The molecule has 0 amide bonds. The number of aryl methyl sites for hydroxylation is 1. The summed E-state index contributed by atoms with van der Waals surface area (Å²) in [6.45, 7) is 3.27. The van der Waals surface area contributed by atoms with Crippen molar-refractivity contribution in [1.82, 2.24) is 24.7 Å². The van der Waals surface area contributed by atoms with Crippen molar-refractivity contribution in [2.75, 3.05) is 5.73 Å². The molecule has 0 aliphatic carbocycles. The number of nitrogens with two attached hydrogens (primary N) is 1. The van der Waals surface area contributed by atoms with E-state index in [4.69, 9.17) is 10.3 Å². The first-order valence-corrected chi connectivity index (χ1v) is 8.36. The molecule has 0 spiro atoms. The zero-order valence-corrected chi connectivity index (χ0v) is 15.1. The molecule has 9 nitrogen and oxygen atoms in total. The summed E-state index contributed by atoms with van der Waals surface area (Å²) in [6.07, 6.45) is 1.48. The molecule has 1 aromatic carbocycles. The Hall–Kier alpha value is -3.90. The molecule has 0 unspecified atom stereocenters. The second-order valence-corrected chi connectivity index (χ2v) is 6.42. The van der Waals surface area contributed by atoms with Gasteiger partial charge in [-0.1, -0.05) is 17.0 Å². The van der Waals surface area contributed by atoms with Crippen LogP contribution in [0.25, 0.3) is 16.9 Å². The lowest BCUT2D eigenvalue weighted by Crippen LogP contribution is -2.18. The van der Waals surface area contributed by atoms with Gasteiger partial charge in [0.25, 0.3) is 0 Å². The minimum absolute atomic E-state index is 0.0636. The van der Waals surface area contributed by atoms with Crippen molar-refractivity contribution in [2.45, 2.75) is 19.4 Å². The molecule has 140 valence electrons. The van der Waals surface area contributed by atoms with Gasteiger partial charge in [0.05, 0.1) is 11.0 Å². The molecule has 0 bridgehead atoms. The summed E-state index contributed by atoms with van der Waals surface area (Å²) in [5.74, 6) is 6.69. The number of hydrogen-bond acceptors (Lipinski definition) is 7. The van der Waals surface area contributed by atoms with Crippen LogP contribution in [-0.4, -0.2) is 29.8 Å². The van der Waals surface area contributed by atoms with E-state index in [2.05, 4.69) is 31.9 Å². The van der Waals surface area contributed by atoms with Crippen LogP contribution in [0.5, 0.6) is 0 Å². The number of aromatic amines is 1. The minimum Gasteiger partial charge on any atom is -0.372 e. The fourth-order valence-corrected chi connectivity index (χ4v) is 2.75. The third-order valence-corrected chi connectivity index (χ3v) is 4.15. The van der Waals surface area contributed by atoms with Crippen LogP contribution in [0.1, 0.15) is 23.9 Å². The quantitative estimate of drug-likeness (QED) is 0.448. The third kappa shape index (κ3) is 3.13. The topological polar surface area (TPSA) is 136 Å². The van der Waals surface area contributed by atoms with E-state index in [1.54, 1.807) is 37.3 Å². The van der Waals surface area contributed by atoms with Crippen molar-refractivity contribution in [1.29, 1.82) is 0 Å². The second kappa shape index (κ2) is 6.37. The average Bonchev–Trinajstić information content (AvgIpc) is 3.22. The van der Waals surface area contributed by atoms with Gasteiger partial charge < -0.3 is 20.3 Å². The number of nitrogens with zero attached hydrogens (tertiary/aromatic N) is 4. The number of imidazole rings is 1. The van der Waals surface area contributed by atoms with Gasteiger partial charge in [-0.15, -0.1) is 0 Å². The highest BCUT2D eigenvalue weighted by atomic mass is 16.5. The van der Waals surface area contributed by atoms with E-state index >= 15 is 0 Å². The van der Waals surface area contributed by atoms with Crippen molar-refractivity contribution >= 4 is 17.0 Å². The summed E-state index contributed by atoms with van der Waals surface area (Å²) in [7, 11) is 0. The highest BCUT2D eigenvalue weighted by Crippen LogP contribution is 2.20. The van der Waals surface area contributed by atoms with Gasteiger partial charge in [-0.3, -0.25) is 0 Å². The second-order valence-electron chi connectivity index (χ2n) is 6.42. The molecule has 4 N–H and O–H groups in total. The summed E-state index contributed by atoms with van der Waals surface area (Å²) >= 11 is 0. The van der Waals surface area contributed by atoms with Crippen LogP contribution in [0.2, 0.25) is 0 Å². The molecule has 0 saturated heterocycles. The van der Waals surface area contributed by atoms with Crippen LogP contribution in [0, 0.1) is 18.8 Å². The molecule has 9 heteroatoms. The molecule has 3 aromatic heterocycles. The summed E-state index contributed by atoms with van der Waals surface area (Å²) in [5.41, 5.74) is 5.91. The molecule has 0 saturated carbocycles. The van der Waals surface area contributed by atoms with Gasteiger partial charge in [0.15, 0.2) is 5.60 Å². The normalized spacial score (nSPS) is 13.1. The van der Waals surface area contributed by atoms with Gasteiger partial charge in [0, 0.05) is 23.9 Å². The number of hydrogen-bond donors (Lipinski definition) is 3. The zero-order valence-electron chi connectivity index (χ0n) is 15.1. The molecule has 0 aliphatic rings. The maximum absolute atomic E-state index is 12.4. The molecule has 4 aromatic rings. The number of aromatic nitrogens is 5. The van der Waals surface area contributed by atoms with E-state index in [9.17, 15) is 9.90 Å². The minimum atomic E-state index is -1.48. The molecule has 0 fully saturated rings. The predicted molar refractivity (Wildman–Crippen MR) is 102 cm³/mol. The lowest BCUT2D eigenvalue weighted by atomic mass is 10.0. The Bertz CT molecular complexity index is 1300. The van der Waals surface area contributed by atoms with E-state index in [0.29, 0.717) is 33.9 Å². The van der Waals surface area contributed by atoms with E-state index in [0.717, 1.165) is 0 Å². The van der Waals surface area contributed by atoms with Gasteiger partial charge >= 0.3 is 5.69 Å². The third-order valence-electron chi connectivity index (χ3n) is 4.15. The summed E-state index contributed by atoms with van der Waals surface area (Å²) in [6, 6.07) is 8.41. The van der Waals surface area contributed by atoms with Crippen LogP contribution in [-0.2, 0) is 5.60 Å². The van der Waals surface area contributed by atoms with Crippen molar-refractivity contribution in [3.63, 3.8) is 0 Å². The Morgan fingerprint density at radius 3 is 2.86 bits per heavy atom. The SMILES string of the molecule is Cc1cc([C@](C)(O)C#Cc2ccc3[nH]c(=O)n(-c4ccnc(N)n4)c3c2)no1. The Balaban J connectivity index is 1.79. The molecular formula is C19H16N6O3. The Kier molecular flexibility index (Phi) is 3.98. The van der Waals surface area contributed by atoms with Gasteiger partial charge in [0.1, 0.15) is 17.3 Å². The number of nitrogens with one attached hydrogen (secondary N) is 1. The largest absolute Gasteiger partial charge is 0.372 e. The van der Waals surface area contributed by atoms with Crippen LogP contribution < -0.4 is 11.4 Å². The maximum Gasteiger partial charge on any atom is 0.332 e. The first kappa shape index (κ1) is 17.5. The van der Waals surface area contributed by atoms with Crippen molar-refractivity contribution < 1.29 is 9.63 Å². The van der Waals surface area contributed by atoms with Crippen LogP contribution in [0.3, 0.4) is 0 Å². The van der Waals surface area contributed by atoms with Crippen molar-refractivity contribution in [2.24, 2.45) is 0 Å². The molecule has 28 heavy (non-hydrogen) atoms. The van der Waals surface area contributed by atoms with Crippen LogP contribution in [0.4, 0.5) is 5.95 Å². The van der Waals surface area contributed by atoms with Crippen LogP contribution in [0.15, 0.2) is 45.8 Å². The van der Waals surface area contributed by atoms with Gasteiger partial charge in [-0.05, 0) is 32.0 Å². The molecule has 0 aliphatic heterocycles. The number of aliphatic hydroxyl groups is 1. The summed E-state index contributed by atoms with van der Waals surface area (Å²) < 4.78 is 6.38. The molecular weight excluding hydrogens is 360 g/mol. The first-order chi connectivity index (χ1) is 13.3. The van der Waals surface area contributed by atoms with Gasteiger partial charge in [-0.2, -0.15) is 4.98 Å². The number of anilines is 1. The number of fused-ring (bicyclic) bond motifs is 1. The molecule has 1 atom stereocenters. The number of H-pyrrole nitrogens is 1. The fraction of sp³-hybridized carbons (Fsp3) is 0.158. The van der Waals surface area contributed by atoms with E-state index in [1.165, 1.54) is 17.7 Å². The predicted octanol–water partition coefficient (Wildman–Crippen LogP) is 1.25. The highest BCUT2D eigenvalue weighted by molar-refractivity contribution is 5.78. The van der Waals surface area contributed by atoms with E-state index in [1.807, 2.05) is 0 Å². The smallest absolute Gasteiger partial charge is 0.332 e. The average molecular weight is 376 g/mol. The molecule has 3 heterocycles. The monoisotopic (exact) mass is 376 g/mol. The number of nitrogen functional groups attached to an aromatic ring is 1. The Morgan fingerprint density at radius 2 is 2.14 bits per heavy atom. The Morgan fingerprint density at radius 1 is 1.32 bits per heavy atom. The Labute approximate surface area is 158 Å². The lowest BCUT2D eigenvalue weighted by molar-refractivity contribution is 0.112. The van der Waals surface area contributed by atoms with Gasteiger partial charge in [-0.25, -0.2) is 14.3 Å². The first-order valence-electron chi connectivity index (χ1n) is 8.36. The summed E-state index contributed by atoms with van der Waals surface area (Å²) in [5, 5.41) is 14.4. The van der Waals surface area contributed by atoms with Crippen molar-refractivity contribution in [3.8, 4) is 17.7 Å². The number of benzene rings is 1. The number of rotatable bonds is 2. The summed E-state index contributed by atoms with van der Waals surface area (Å²) in [4.78, 5) is 23.1. The molecule has 4 rings (SSSR count). The van der Waals surface area contributed by atoms with E-state index < -0.39 is 5.60 Å². The fourth-order valence-electron chi connectivity index (χ4n) is 2.75. The lowest BCUT2D eigenvalue weighted by Gasteiger charge is -2.11.